The first-order valence-corrected chi connectivity index (χ1v) is 10.4. The lowest BCUT2D eigenvalue weighted by Gasteiger charge is -2.13. The van der Waals surface area contributed by atoms with Crippen molar-refractivity contribution in [1.82, 2.24) is 35.4 Å². The minimum atomic E-state index is -0.272. The fraction of sp³-hybridized carbons (Fsp3) is 0.381. The molecule has 9 nitrogen and oxygen atoms in total. The molecule has 3 rings (SSSR count). The van der Waals surface area contributed by atoms with Crippen LogP contribution in [0.3, 0.4) is 0 Å². The SMILES string of the molecule is CNCc1ccc(Cl)cc1CNC(=O)Cc1c(C)cnn(CCn2nncc2C)c1=O. The van der Waals surface area contributed by atoms with Crippen LogP contribution in [0.2, 0.25) is 5.02 Å². The third kappa shape index (κ3) is 5.77. The van der Waals surface area contributed by atoms with E-state index in [0.29, 0.717) is 42.3 Å². The molecule has 31 heavy (non-hydrogen) atoms. The van der Waals surface area contributed by atoms with Gasteiger partial charge in [-0.1, -0.05) is 22.9 Å². The molecule has 0 aliphatic heterocycles. The molecule has 0 aliphatic rings. The van der Waals surface area contributed by atoms with Crippen LogP contribution in [-0.2, 0) is 37.4 Å². The highest BCUT2D eigenvalue weighted by Crippen LogP contribution is 2.16. The number of hydrogen-bond donors (Lipinski definition) is 2. The van der Waals surface area contributed by atoms with Gasteiger partial charge in [-0.15, -0.1) is 5.10 Å². The van der Waals surface area contributed by atoms with Gasteiger partial charge >= 0.3 is 0 Å². The standard InChI is InChI=1S/C21H26ClN7O2/c1-14-10-26-29(7-6-28-15(2)11-25-27-28)21(31)19(14)9-20(30)24-13-17-8-18(22)5-4-16(17)12-23-3/h4-5,8,10-11,23H,6-7,9,12-13H2,1-3H3,(H,24,30). The van der Waals surface area contributed by atoms with E-state index in [2.05, 4.69) is 26.0 Å². The van der Waals surface area contributed by atoms with Crippen LogP contribution in [0.25, 0.3) is 0 Å². The Morgan fingerprint density at radius 3 is 2.58 bits per heavy atom. The van der Waals surface area contributed by atoms with Gasteiger partial charge in [-0.25, -0.2) is 9.36 Å². The van der Waals surface area contributed by atoms with E-state index in [-0.39, 0.29) is 17.9 Å². The number of halogens is 1. The van der Waals surface area contributed by atoms with Gasteiger partial charge in [0.1, 0.15) is 0 Å². The van der Waals surface area contributed by atoms with Gasteiger partial charge in [-0.05, 0) is 49.7 Å². The molecule has 3 aromatic rings. The monoisotopic (exact) mass is 443 g/mol. The van der Waals surface area contributed by atoms with E-state index in [1.54, 1.807) is 24.0 Å². The molecule has 2 N–H and O–H groups in total. The lowest BCUT2D eigenvalue weighted by Crippen LogP contribution is -2.33. The summed E-state index contributed by atoms with van der Waals surface area (Å²) in [6, 6.07) is 5.59. The van der Waals surface area contributed by atoms with E-state index in [4.69, 9.17) is 11.6 Å². The number of hydrogen-bond acceptors (Lipinski definition) is 6. The summed E-state index contributed by atoms with van der Waals surface area (Å²) < 4.78 is 3.06. The van der Waals surface area contributed by atoms with Gasteiger partial charge in [0.15, 0.2) is 0 Å². The summed E-state index contributed by atoms with van der Waals surface area (Å²) in [5.41, 5.74) is 3.74. The van der Waals surface area contributed by atoms with Crippen LogP contribution in [0.1, 0.15) is 27.9 Å². The molecular formula is C21H26ClN7O2. The summed E-state index contributed by atoms with van der Waals surface area (Å²) in [6.07, 6.45) is 3.25. The molecule has 0 unspecified atom stereocenters. The molecule has 1 aromatic carbocycles. The normalized spacial score (nSPS) is 11.0. The molecular weight excluding hydrogens is 418 g/mol. The number of aryl methyl sites for hydroxylation is 4. The Morgan fingerprint density at radius 1 is 1.10 bits per heavy atom. The Labute approximate surface area is 185 Å². The average Bonchev–Trinajstić information content (AvgIpc) is 3.15. The minimum Gasteiger partial charge on any atom is -0.352 e. The predicted molar refractivity (Wildman–Crippen MR) is 118 cm³/mol. The van der Waals surface area contributed by atoms with Crippen LogP contribution < -0.4 is 16.2 Å². The van der Waals surface area contributed by atoms with Gasteiger partial charge in [0, 0.05) is 23.7 Å². The topological polar surface area (TPSA) is 107 Å². The Balaban J connectivity index is 1.68. The van der Waals surface area contributed by atoms with Crippen molar-refractivity contribution in [1.29, 1.82) is 0 Å². The van der Waals surface area contributed by atoms with Crippen LogP contribution in [0.15, 0.2) is 35.4 Å². The van der Waals surface area contributed by atoms with Crippen molar-refractivity contribution in [2.24, 2.45) is 0 Å². The molecule has 0 saturated heterocycles. The van der Waals surface area contributed by atoms with E-state index < -0.39 is 0 Å². The highest BCUT2D eigenvalue weighted by atomic mass is 35.5. The Morgan fingerprint density at radius 2 is 1.87 bits per heavy atom. The van der Waals surface area contributed by atoms with Gasteiger partial charge < -0.3 is 10.6 Å². The third-order valence-electron chi connectivity index (χ3n) is 5.04. The first kappa shape index (κ1) is 22.6. The zero-order chi connectivity index (χ0) is 22.4. The van der Waals surface area contributed by atoms with Gasteiger partial charge in [0.05, 0.1) is 37.6 Å². The molecule has 10 heteroatoms. The summed E-state index contributed by atoms with van der Waals surface area (Å²) in [6.45, 7) is 5.49. The van der Waals surface area contributed by atoms with Crippen LogP contribution >= 0.6 is 11.6 Å². The maximum Gasteiger partial charge on any atom is 0.270 e. The second kappa shape index (κ2) is 10.3. The van der Waals surface area contributed by atoms with Crippen molar-refractivity contribution >= 4 is 17.5 Å². The lowest BCUT2D eigenvalue weighted by molar-refractivity contribution is -0.120. The molecule has 0 bridgehead atoms. The number of aromatic nitrogens is 5. The van der Waals surface area contributed by atoms with E-state index in [1.165, 1.54) is 4.68 Å². The van der Waals surface area contributed by atoms with E-state index in [9.17, 15) is 9.59 Å². The molecule has 0 spiro atoms. The molecule has 0 atom stereocenters. The summed E-state index contributed by atoms with van der Waals surface area (Å²) >= 11 is 6.10. The van der Waals surface area contributed by atoms with Gasteiger partial charge in [0.25, 0.3) is 5.56 Å². The fourth-order valence-corrected chi connectivity index (χ4v) is 3.44. The maximum absolute atomic E-state index is 12.9. The Bertz CT molecular complexity index is 1120. The first-order chi connectivity index (χ1) is 14.9. The van der Waals surface area contributed by atoms with Crippen LogP contribution in [0.4, 0.5) is 0 Å². The fourth-order valence-electron chi connectivity index (χ4n) is 3.24. The first-order valence-electron chi connectivity index (χ1n) is 9.98. The second-order valence-corrected chi connectivity index (χ2v) is 7.77. The highest BCUT2D eigenvalue weighted by molar-refractivity contribution is 6.30. The molecule has 0 radical (unpaired) electrons. The quantitative estimate of drug-likeness (QED) is 0.517. The number of benzene rings is 1. The molecule has 1 amide bonds. The third-order valence-corrected chi connectivity index (χ3v) is 5.28. The number of carbonyl (C=O) groups excluding carboxylic acids is 1. The summed E-state index contributed by atoms with van der Waals surface area (Å²) in [4.78, 5) is 25.5. The molecule has 2 heterocycles. The smallest absolute Gasteiger partial charge is 0.270 e. The van der Waals surface area contributed by atoms with Gasteiger partial charge in [0.2, 0.25) is 5.91 Å². The van der Waals surface area contributed by atoms with Crippen molar-refractivity contribution in [3.8, 4) is 0 Å². The average molecular weight is 444 g/mol. The highest BCUT2D eigenvalue weighted by Gasteiger charge is 2.14. The van der Waals surface area contributed by atoms with Crippen molar-refractivity contribution < 1.29 is 4.79 Å². The molecule has 0 aliphatic carbocycles. The predicted octanol–water partition coefficient (Wildman–Crippen LogP) is 1.38. The number of carbonyl (C=O) groups is 1. The van der Waals surface area contributed by atoms with Crippen molar-refractivity contribution in [2.75, 3.05) is 7.05 Å². The Hall–Kier alpha value is -3.04. The van der Waals surface area contributed by atoms with Crippen molar-refractivity contribution in [3.63, 3.8) is 0 Å². The second-order valence-electron chi connectivity index (χ2n) is 7.33. The van der Waals surface area contributed by atoms with Crippen LogP contribution in [0.5, 0.6) is 0 Å². The van der Waals surface area contributed by atoms with Crippen LogP contribution in [-0.4, -0.2) is 37.7 Å². The van der Waals surface area contributed by atoms with Crippen LogP contribution in [0, 0.1) is 13.8 Å². The lowest BCUT2D eigenvalue weighted by atomic mass is 10.1. The minimum absolute atomic E-state index is 0.0164. The molecule has 164 valence electrons. The van der Waals surface area contributed by atoms with Crippen molar-refractivity contribution in [3.05, 3.63) is 73.9 Å². The Kier molecular flexibility index (Phi) is 7.54. The van der Waals surface area contributed by atoms with E-state index >= 15 is 0 Å². The number of nitrogens with zero attached hydrogens (tertiary/aromatic N) is 5. The van der Waals surface area contributed by atoms with Gasteiger partial charge in [-0.3, -0.25) is 9.59 Å². The maximum atomic E-state index is 12.9. The summed E-state index contributed by atoms with van der Waals surface area (Å²) in [7, 11) is 1.86. The summed E-state index contributed by atoms with van der Waals surface area (Å²) in [5, 5.41) is 18.6. The van der Waals surface area contributed by atoms with Crippen molar-refractivity contribution in [2.45, 2.75) is 46.4 Å². The molecule has 0 fully saturated rings. The number of amides is 1. The molecule has 0 saturated carbocycles. The largest absolute Gasteiger partial charge is 0.352 e. The zero-order valence-corrected chi connectivity index (χ0v) is 18.6. The zero-order valence-electron chi connectivity index (χ0n) is 17.9. The van der Waals surface area contributed by atoms with E-state index in [1.807, 2.05) is 32.2 Å². The van der Waals surface area contributed by atoms with Gasteiger partial charge in [-0.2, -0.15) is 5.10 Å². The summed E-state index contributed by atoms with van der Waals surface area (Å²) in [5.74, 6) is -0.236. The number of nitrogens with one attached hydrogen (secondary N) is 2. The number of rotatable bonds is 9. The van der Waals surface area contributed by atoms with E-state index in [0.717, 1.165) is 16.8 Å². The molecule has 2 aromatic heterocycles.